The Hall–Kier alpha value is -2.04. The number of amides is 2. The van der Waals surface area contributed by atoms with Crippen LogP contribution in [0.5, 0.6) is 0 Å². The summed E-state index contributed by atoms with van der Waals surface area (Å²) in [6.45, 7) is 0. The first-order valence-corrected chi connectivity index (χ1v) is 7.31. The summed E-state index contributed by atoms with van der Waals surface area (Å²) in [4.78, 5) is 24.8. The summed E-state index contributed by atoms with van der Waals surface area (Å²) in [7, 11) is 2.98. The number of carbonyl (C=O) groups excluding carboxylic acids is 2. The Morgan fingerprint density at radius 2 is 1.86 bits per heavy atom. The minimum atomic E-state index is -0.423. The second kappa shape index (κ2) is 7.11. The van der Waals surface area contributed by atoms with Crippen LogP contribution in [-0.4, -0.2) is 26.2 Å². The minimum Gasteiger partial charge on any atom is -0.452 e. The third-order valence-corrected chi connectivity index (χ3v) is 3.94. The molecule has 0 saturated heterocycles. The van der Waals surface area contributed by atoms with E-state index in [-0.39, 0.29) is 5.91 Å². The number of benzene rings is 1. The highest BCUT2D eigenvalue weighted by molar-refractivity contribution is 5.92. The van der Waals surface area contributed by atoms with Crippen molar-refractivity contribution in [3.63, 3.8) is 0 Å². The number of methoxy groups -OCH3 is 1. The molecule has 5 heteroatoms. The summed E-state index contributed by atoms with van der Waals surface area (Å²) < 4.78 is 4.65. The van der Waals surface area contributed by atoms with Gasteiger partial charge in [0.05, 0.1) is 7.11 Å². The van der Waals surface area contributed by atoms with E-state index >= 15 is 0 Å². The molecule has 2 rings (SSSR count). The van der Waals surface area contributed by atoms with Crippen LogP contribution in [0.2, 0.25) is 0 Å². The van der Waals surface area contributed by atoms with E-state index in [9.17, 15) is 9.59 Å². The fourth-order valence-corrected chi connectivity index (χ4v) is 2.70. The Morgan fingerprint density at radius 3 is 2.43 bits per heavy atom. The van der Waals surface area contributed by atoms with Crippen molar-refractivity contribution >= 4 is 23.4 Å². The molecule has 0 aromatic heterocycles. The van der Waals surface area contributed by atoms with Gasteiger partial charge in [-0.3, -0.25) is 9.69 Å². The molecule has 1 aromatic carbocycles. The highest BCUT2D eigenvalue weighted by Crippen LogP contribution is 2.28. The fourth-order valence-electron chi connectivity index (χ4n) is 2.70. The number of nitrogens with zero attached hydrogens (tertiary/aromatic N) is 1. The SMILES string of the molecule is COC(=O)N(C)c1ccc(NC(=O)CC2CCCC2)cc1. The van der Waals surface area contributed by atoms with Crippen molar-refractivity contribution in [2.75, 3.05) is 24.4 Å². The first-order chi connectivity index (χ1) is 10.1. The van der Waals surface area contributed by atoms with Gasteiger partial charge in [-0.15, -0.1) is 0 Å². The van der Waals surface area contributed by atoms with Crippen LogP contribution in [0.3, 0.4) is 0 Å². The second-order valence-corrected chi connectivity index (χ2v) is 5.48. The predicted octanol–water partition coefficient (Wildman–Crippen LogP) is 3.41. The molecule has 1 saturated carbocycles. The van der Waals surface area contributed by atoms with Crippen molar-refractivity contribution in [3.05, 3.63) is 24.3 Å². The zero-order chi connectivity index (χ0) is 15.2. The molecule has 5 nitrogen and oxygen atoms in total. The smallest absolute Gasteiger partial charge is 0.413 e. The molecular formula is C16H22N2O3. The van der Waals surface area contributed by atoms with E-state index < -0.39 is 6.09 Å². The molecule has 1 aliphatic rings. The van der Waals surface area contributed by atoms with E-state index in [4.69, 9.17) is 0 Å². The number of rotatable bonds is 4. The summed E-state index contributed by atoms with van der Waals surface area (Å²) in [6, 6.07) is 7.15. The van der Waals surface area contributed by atoms with E-state index in [1.807, 2.05) is 0 Å². The summed E-state index contributed by atoms with van der Waals surface area (Å²) in [5, 5.41) is 2.90. The predicted molar refractivity (Wildman–Crippen MR) is 82.5 cm³/mol. The first-order valence-electron chi connectivity index (χ1n) is 7.31. The maximum atomic E-state index is 11.9. The largest absolute Gasteiger partial charge is 0.452 e. The molecule has 1 fully saturated rings. The van der Waals surface area contributed by atoms with Gasteiger partial charge in [-0.1, -0.05) is 12.8 Å². The molecule has 0 radical (unpaired) electrons. The maximum absolute atomic E-state index is 11.9. The zero-order valence-electron chi connectivity index (χ0n) is 12.6. The van der Waals surface area contributed by atoms with Crippen LogP contribution in [0.1, 0.15) is 32.1 Å². The van der Waals surface area contributed by atoms with E-state index in [1.54, 1.807) is 31.3 Å². The van der Waals surface area contributed by atoms with Crippen LogP contribution in [0.25, 0.3) is 0 Å². The van der Waals surface area contributed by atoms with Crippen molar-refractivity contribution in [1.82, 2.24) is 0 Å². The molecule has 1 N–H and O–H groups in total. The van der Waals surface area contributed by atoms with Crippen molar-refractivity contribution in [3.8, 4) is 0 Å². The fraction of sp³-hybridized carbons (Fsp3) is 0.500. The standard InChI is InChI=1S/C16H22N2O3/c1-18(16(20)21-2)14-9-7-13(8-10-14)17-15(19)11-12-5-3-4-6-12/h7-10,12H,3-6,11H2,1-2H3,(H,17,19). The number of anilines is 2. The maximum Gasteiger partial charge on any atom is 0.413 e. The van der Waals surface area contributed by atoms with Gasteiger partial charge in [-0.25, -0.2) is 4.79 Å². The lowest BCUT2D eigenvalue weighted by molar-refractivity contribution is -0.117. The minimum absolute atomic E-state index is 0.0657. The molecule has 0 bridgehead atoms. The molecule has 1 aromatic rings. The first kappa shape index (κ1) is 15.4. The third-order valence-electron chi connectivity index (χ3n) is 3.94. The monoisotopic (exact) mass is 290 g/mol. The van der Waals surface area contributed by atoms with Crippen molar-refractivity contribution < 1.29 is 14.3 Å². The quantitative estimate of drug-likeness (QED) is 0.924. The summed E-state index contributed by atoms with van der Waals surface area (Å²) in [5.74, 6) is 0.603. The van der Waals surface area contributed by atoms with Crippen LogP contribution >= 0.6 is 0 Å². The molecule has 21 heavy (non-hydrogen) atoms. The average Bonchev–Trinajstić information content (AvgIpc) is 2.99. The van der Waals surface area contributed by atoms with Gasteiger partial charge in [-0.2, -0.15) is 0 Å². The van der Waals surface area contributed by atoms with Crippen molar-refractivity contribution in [2.24, 2.45) is 5.92 Å². The van der Waals surface area contributed by atoms with Gasteiger partial charge in [0.15, 0.2) is 0 Å². The lowest BCUT2D eigenvalue weighted by atomic mass is 10.0. The average molecular weight is 290 g/mol. The number of hydrogen-bond acceptors (Lipinski definition) is 3. The molecule has 0 heterocycles. The van der Waals surface area contributed by atoms with Crippen LogP contribution in [0, 0.1) is 5.92 Å². The van der Waals surface area contributed by atoms with Gasteiger partial charge in [0, 0.05) is 24.8 Å². The molecule has 0 atom stereocenters. The van der Waals surface area contributed by atoms with E-state index in [0.717, 1.165) is 24.2 Å². The Balaban J connectivity index is 1.89. The normalized spacial score (nSPS) is 14.8. The van der Waals surface area contributed by atoms with Gasteiger partial charge in [0.2, 0.25) is 5.91 Å². The second-order valence-electron chi connectivity index (χ2n) is 5.48. The van der Waals surface area contributed by atoms with Gasteiger partial charge in [0.25, 0.3) is 0 Å². The van der Waals surface area contributed by atoms with E-state index in [0.29, 0.717) is 12.3 Å². The number of hydrogen-bond donors (Lipinski definition) is 1. The zero-order valence-corrected chi connectivity index (χ0v) is 12.6. The number of ether oxygens (including phenoxy) is 1. The van der Waals surface area contributed by atoms with E-state index in [1.165, 1.54) is 24.9 Å². The Morgan fingerprint density at radius 1 is 1.24 bits per heavy atom. The van der Waals surface area contributed by atoms with Crippen LogP contribution in [-0.2, 0) is 9.53 Å². The lowest BCUT2D eigenvalue weighted by Gasteiger charge is -2.16. The van der Waals surface area contributed by atoms with Gasteiger partial charge in [-0.05, 0) is 43.0 Å². The molecule has 0 unspecified atom stereocenters. The number of nitrogens with one attached hydrogen (secondary N) is 1. The summed E-state index contributed by atoms with van der Waals surface area (Å²) >= 11 is 0. The Kier molecular flexibility index (Phi) is 5.20. The van der Waals surface area contributed by atoms with Crippen molar-refractivity contribution in [2.45, 2.75) is 32.1 Å². The van der Waals surface area contributed by atoms with E-state index in [2.05, 4.69) is 10.1 Å². The summed E-state index contributed by atoms with van der Waals surface area (Å²) in [5.41, 5.74) is 1.47. The van der Waals surface area contributed by atoms with Crippen LogP contribution < -0.4 is 10.2 Å². The van der Waals surface area contributed by atoms with Crippen molar-refractivity contribution in [1.29, 1.82) is 0 Å². The molecule has 114 valence electrons. The highest BCUT2D eigenvalue weighted by atomic mass is 16.5. The molecule has 0 spiro atoms. The number of carbonyl (C=O) groups is 2. The molecular weight excluding hydrogens is 268 g/mol. The van der Waals surface area contributed by atoms with Gasteiger partial charge in [0.1, 0.15) is 0 Å². The van der Waals surface area contributed by atoms with Crippen LogP contribution in [0.4, 0.5) is 16.2 Å². The summed E-state index contributed by atoms with van der Waals surface area (Å²) in [6.07, 6.45) is 4.99. The Bertz CT molecular complexity index is 493. The topological polar surface area (TPSA) is 58.6 Å². The molecule has 0 aliphatic heterocycles. The van der Waals surface area contributed by atoms with Crippen LogP contribution in [0.15, 0.2) is 24.3 Å². The Labute approximate surface area is 125 Å². The molecule has 2 amide bonds. The lowest BCUT2D eigenvalue weighted by Crippen LogP contribution is -2.25. The third kappa shape index (κ3) is 4.21. The highest BCUT2D eigenvalue weighted by Gasteiger charge is 2.18. The van der Waals surface area contributed by atoms with Gasteiger partial charge >= 0.3 is 6.09 Å². The van der Waals surface area contributed by atoms with Gasteiger partial charge < -0.3 is 10.1 Å². The molecule has 1 aliphatic carbocycles.